The molecule has 0 fully saturated rings. The molecule has 0 spiro atoms. The minimum atomic E-state index is 0.0122. The molecule has 18 heavy (non-hydrogen) atoms. The van der Waals surface area contributed by atoms with Crippen LogP contribution in [0.2, 0.25) is 0 Å². The van der Waals surface area contributed by atoms with Crippen molar-refractivity contribution in [2.75, 3.05) is 5.73 Å². The maximum Gasteiger partial charge on any atom is 0.225 e. The van der Waals surface area contributed by atoms with Gasteiger partial charge in [-0.2, -0.15) is 0 Å². The lowest BCUT2D eigenvalue weighted by molar-refractivity contribution is 0.445. The van der Waals surface area contributed by atoms with Gasteiger partial charge in [0, 0.05) is 5.56 Å². The summed E-state index contributed by atoms with van der Waals surface area (Å²) in [5.74, 6) is 0.968. The molecule has 3 N–H and O–H groups in total. The highest BCUT2D eigenvalue weighted by Crippen LogP contribution is 2.35. The quantitative estimate of drug-likeness (QED) is 0.623. The van der Waals surface area contributed by atoms with Crippen LogP contribution in [0.25, 0.3) is 0 Å². The molecule has 0 aliphatic heterocycles. The summed E-state index contributed by atoms with van der Waals surface area (Å²) in [5, 5.41) is 9.53. The van der Waals surface area contributed by atoms with E-state index in [9.17, 15) is 5.11 Å². The highest BCUT2D eigenvalue weighted by atomic mass is 16.5. The number of para-hydroxylation sites is 1. The van der Waals surface area contributed by atoms with Crippen molar-refractivity contribution in [3.8, 4) is 17.4 Å². The van der Waals surface area contributed by atoms with Gasteiger partial charge in [0.05, 0.1) is 5.69 Å². The smallest absolute Gasteiger partial charge is 0.225 e. The van der Waals surface area contributed by atoms with E-state index in [2.05, 4.69) is 9.97 Å². The predicted octanol–water partition coefficient (Wildman–Crippen LogP) is 2.05. The van der Waals surface area contributed by atoms with Crippen LogP contribution in [-0.2, 0) is 12.8 Å². The number of nitrogen functional groups attached to an aromatic ring is 1. The highest BCUT2D eigenvalue weighted by Gasteiger charge is 2.19. The Morgan fingerprint density at radius 2 is 2.11 bits per heavy atom. The molecule has 0 bridgehead atoms. The summed E-state index contributed by atoms with van der Waals surface area (Å²) in [6.45, 7) is 0. The van der Waals surface area contributed by atoms with Gasteiger partial charge >= 0.3 is 0 Å². The van der Waals surface area contributed by atoms with Gasteiger partial charge in [-0.3, -0.25) is 0 Å². The van der Waals surface area contributed by atoms with E-state index < -0.39 is 0 Å². The van der Waals surface area contributed by atoms with Crippen LogP contribution in [0.5, 0.6) is 17.4 Å². The van der Waals surface area contributed by atoms with E-state index in [0.29, 0.717) is 11.6 Å². The SMILES string of the molecule is Nc1c(O)cccc1Oc1ncnc2c1CCC2. The number of nitrogens with zero attached hydrogens (tertiary/aromatic N) is 2. The Labute approximate surface area is 104 Å². The zero-order chi connectivity index (χ0) is 12.5. The van der Waals surface area contributed by atoms with Gasteiger partial charge in [0.1, 0.15) is 17.8 Å². The second kappa shape index (κ2) is 4.18. The number of ether oxygens (including phenoxy) is 1. The zero-order valence-corrected chi connectivity index (χ0v) is 9.76. The highest BCUT2D eigenvalue weighted by molar-refractivity contribution is 5.62. The summed E-state index contributed by atoms with van der Waals surface area (Å²) in [7, 11) is 0. The summed E-state index contributed by atoms with van der Waals surface area (Å²) in [6.07, 6.45) is 4.45. The molecule has 0 saturated carbocycles. The lowest BCUT2D eigenvalue weighted by Crippen LogP contribution is -1.98. The largest absolute Gasteiger partial charge is 0.506 e. The molecule has 0 atom stereocenters. The van der Waals surface area contributed by atoms with Crippen LogP contribution in [0.3, 0.4) is 0 Å². The van der Waals surface area contributed by atoms with E-state index in [1.807, 2.05) is 0 Å². The van der Waals surface area contributed by atoms with Gasteiger partial charge in [-0.15, -0.1) is 0 Å². The molecular weight excluding hydrogens is 230 g/mol. The third kappa shape index (κ3) is 1.73. The normalized spacial score (nSPS) is 13.3. The number of aromatic hydroxyl groups is 1. The Balaban J connectivity index is 1.98. The molecule has 1 aromatic heterocycles. The molecule has 0 unspecified atom stereocenters. The van der Waals surface area contributed by atoms with Crippen molar-refractivity contribution in [2.24, 2.45) is 0 Å². The number of phenols is 1. The third-order valence-corrected chi connectivity index (χ3v) is 3.09. The molecule has 0 radical (unpaired) electrons. The maximum absolute atomic E-state index is 9.53. The average Bonchev–Trinajstić information content (AvgIpc) is 2.84. The number of phenolic OH excluding ortho intramolecular Hbond substituents is 1. The number of benzene rings is 1. The van der Waals surface area contributed by atoms with Crippen molar-refractivity contribution < 1.29 is 9.84 Å². The van der Waals surface area contributed by atoms with Crippen LogP contribution in [0, 0.1) is 0 Å². The summed E-state index contributed by atoms with van der Waals surface area (Å²) < 4.78 is 5.70. The van der Waals surface area contributed by atoms with Gasteiger partial charge in [0.15, 0.2) is 5.75 Å². The molecule has 3 rings (SSSR count). The Morgan fingerprint density at radius 3 is 3.00 bits per heavy atom. The van der Waals surface area contributed by atoms with Crippen LogP contribution in [0.15, 0.2) is 24.5 Å². The number of aromatic nitrogens is 2. The fourth-order valence-electron chi connectivity index (χ4n) is 2.14. The minimum absolute atomic E-state index is 0.0122. The number of nitrogens with two attached hydrogens (primary N) is 1. The van der Waals surface area contributed by atoms with Crippen LogP contribution in [0.4, 0.5) is 5.69 Å². The molecule has 2 aromatic rings. The van der Waals surface area contributed by atoms with E-state index in [0.717, 1.165) is 30.5 Å². The Bertz CT molecular complexity index is 599. The van der Waals surface area contributed by atoms with E-state index in [4.69, 9.17) is 10.5 Å². The molecule has 92 valence electrons. The van der Waals surface area contributed by atoms with Crippen LogP contribution >= 0.6 is 0 Å². The molecule has 5 heteroatoms. The van der Waals surface area contributed by atoms with Crippen molar-refractivity contribution >= 4 is 5.69 Å². The van der Waals surface area contributed by atoms with Gasteiger partial charge in [0.2, 0.25) is 5.88 Å². The third-order valence-electron chi connectivity index (χ3n) is 3.09. The predicted molar refractivity (Wildman–Crippen MR) is 66.7 cm³/mol. The number of aryl methyl sites for hydroxylation is 1. The molecule has 0 amide bonds. The standard InChI is InChI=1S/C13H13N3O2/c14-12-10(17)5-2-6-11(12)18-13-8-3-1-4-9(8)15-7-16-13/h2,5-7,17H,1,3-4,14H2. The second-order valence-electron chi connectivity index (χ2n) is 4.25. The van der Waals surface area contributed by atoms with Gasteiger partial charge < -0.3 is 15.6 Å². The maximum atomic E-state index is 9.53. The van der Waals surface area contributed by atoms with Gasteiger partial charge in [-0.05, 0) is 31.4 Å². The summed E-state index contributed by atoms with van der Waals surface area (Å²) >= 11 is 0. The molecule has 1 aromatic carbocycles. The lowest BCUT2D eigenvalue weighted by Gasteiger charge is -2.10. The molecule has 1 aliphatic rings. The second-order valence-corrected chi connectivity index (χ2v) is 4.25. The van der Waals surface area contributed by atoms with Crippen molar-refractivity contribution in [3.05, 3.63) is 35.8 Å². The van der Waals surface area contributed by atoms with Crippen molar-refractivity contribution in [2.45, 2.75) is 19.3 Å². The summed E-state index contributed by atoms with van der Waals surface area (Å²) in [5.41, 5.74) is 8.06. The Hall–Kier alpha value is -2.30. The van der Waals surface area contributed by atoms with E-state index >= 15 is 0 Å². The number of anilines is 1. The first-order valence-corrected chi connectivity index (χ1v) is 5.84. The molecule has 1 heterocycles. The average molecular weight is 243 g/mol. The first kappa shape index (κ1) is 10.8. The minimum Gasteiger partial charge on any atom is -0.506 e. The summed E-state index contributed by atoms with van der Waals surface area (Å²) in [4.78, 5) is 8.38. The molecular formula is C13H13N3O2. The Kier molecular flexibility index (Phi) is 2.51. The number of fused-ring (bicyclic) bond motifs is 1. The lowest BCUT2D eigenvalue weighted by atomic mass is 10.2. The fourth-order valence-corrected chi connectivity index (χ4v) is 2.14. The first-order valence-electron chi connectivity index (χ1n) is 5.84. The molecule has 0 saturated heterocycles. The van der Waals surface area contributed by atoms with Gasteiger partial charge in [0.25, 0.3) is 0 Å². The van der Waals surface area contributed by atoms with Crippen molar-refractivity contribution in [1.29, 1.82) is 0 Å². The monoisotopic (exact) mass is 243 g/mol. The van der Waals surface area contributed by atoms with Crippen molar-refractivity contribution in [3.63, 3.8) is 0 Å². The van der Waals surface area contributed by atoms with E-state index in [1.165, 1.54) is 12.4 Å². The zero-order valence-electron chi connectivity index (χ0n) is 9.76. The van der Waals surface area contributed by atoms with Crippen molar-refractivity contribution in [1.82, 2.24) is 9.97 Å². The van der Waals surface area contributed by atoms with Crippen LogP contribution in [0.1, 0.15) is 17.7 Å². The number of hydrogen-bond donors (Lipinski definition) is 2. The van der Waals surface area contributed by atoms with E-state index in [-0.39, 0.29) is 11.4 Å². The van der Waals surface area contributed by atoms with Gasteiger partial charge in [-0.25, -0.2) is 9.97 Å². The first-order chi connectivity index (χ1) is 8.75. The number of hydrogen-bond acceptors (Lipinski definition) is 5. The van der Waals surface area contributed by atoms with Crippen LogP contribution < -0.4 is 10.5 Å². The molecule has 5 nitrogen and oxygen atoms in total. The molecule has 1 aliphatic carbocycles. The summed E-state index contributed by atoms with van der Waals surface area (Å²) in [6, 6.07) is 4.91. The number of rotatable bonds is 2. The van der Waals surface area contributed by atoms with Gasteiger partial charge in [-0.1, -0.05) is 6.07 Å². The van der Waals surface area contributed by atoms with Crippen LogP contribution in [-0.4, -0.2) is 15.1 Å². The Morgan fingerprint density at radius 1 is 1.22 bits per heavy atom. The fraction of sp³-hybridized carbons (Fsp3) is 0.231. The topological polar surface area (TPSA) is 81.3 Å². The van der Waals surface area contributed by atoms with E-state index in [1.54, 1.807) is 12.1 Å².